The molecule has 2 heterocycles. The summed E-state index contributed by atoms with van der Waals surface area (Å²) in [5.41, 5.74) is 1.14. The number of alkyl halides is 3. The van der Waals surface area contributed by atoms with Gasteiger partial charge in [0.1, 0.15) is 11.6 Å². The first-order chi connectivity index (χ1) is 16.3. The molecular formula is C25H31F3N4O2. The molecule has 1 aliphatic heterocycles. The molecule has 0 spiro atoms. The molecule has 0 radical (unpaired) electrons. The van der Waals surface area contributed by atoms with Gasteiger partial charge in [-0.1, -0.05) is 31.4 Å². The maximum atomic E-state index is 13.1. The highest BCUT2D eigenvalue weighted by molar-refractivity contribution is 5.79. The number of hydrogen-bond donors (Lipinski definition) is 2. The van der Waals surface area contributed by atoms with E-state index in [4.69, 9.17) is 4.74 Å². The number of hydrogen-bond acceptors (Lipinski definition) is 5. The Labute approximate surface area is 197 Å². The van der Waals surface area contributed by atoms with Crippen molar-refractivity contribution in [1.29, 1.82) is 0 Å². The van der Waals surface area contributed by atoms with Gasteiger partial charge in [-0.3, -0.25) is 4.79 Å². The summed E-state index contributed by atoms with van der Waals surface area (Å²) < 4.78 is 45.2. The second kappa shape index (κ2) is 10.7. The van der Waals surface area contributed by atoms with Crippen molar-refractivity contribution >= 4 is 11.7 Å². The molecule has 1 atom stereocenters. The Morgan fingerprint density at radius 3 is 2.62 bits per heavy atom. The lowest BCUT2D eigenvalue weighted by molar-refractivity contribution is -0.137. The molecule has 34 heavy (non-hydrogen) atoms. The number of nitrogens with one attached hydrogen (secondary N) is 2. The van der Waals surface area contributed by atoms with Gasteiger partial charge in [0, 0.05) is 24.8 Å². The second-order valence-electron chi connectivity index (χ2n) is 9.11. The molecular weight excluding hydrogens is 445 g/mol. The third-order valence-electron chi connectivity index (χ3n) is 6.40. The van der Waals surface area contributed by atoms with E-state index in [1.807, 2.05) is 0 Å². The minimum Gasteiger partial charge on any atom is -0.373 e. The number of aromatic nitrogens is 2. The van der Waals surface area contributed by atoms with Crippen molar-refractivity contribution < 1.29 is 22.7 Å². The van der Waals surface area contributed by atoms with Crippen LogP contribution >= 0.6 is 0 Å². The fourth-order valence-corrected chi connectivity index (χ4v) is 4.77. The third kappa shape index (κ3) is 6.25. The normalized spacial score (nSPS) is 19.2. The molecule has 1 saturated heterocycles. The molecule has 184 valence electrons. The number of rotatable bonds is 7. The number of carbonyl (C=O) groups is 1. The number of carbonyl (C=O) groups excluding carboxylic acids is 1. The van der Waals surface area contributed by atoms with Gasteiger partial charge in [0.15, 0.2) is 0 Å². The standard InChI is InChI=1S/C25H31F3N4O2/c1-16-30-20(14-22(33)32-19-9-3-2-4-10-19)23(21-11-6-12-34-21)24(31-16)29-15-17-7-5-8-18(13-17)25(26,27)28/h5,7-8,13,19,21H,2-4,6,9-12,14-15H2,1H3,(H,32,33)(H,29,30,31). The van der Waals surface area contributed by atoms with Crippen molar-refractivity contribution in [3.05, 3.63) is 52.5 Å². The lowest BCUT2D eigenvalue weighted by atomic mass is 9.95. The van der Waals surface area contributed by atoms with Crippen molar-refractivity contribution in [3.63, 3.8) is 0 Å². The Kier molecular flexibility index (Phi) is 7.70. The average molecular weight is 477 g/mol. The van der Waals surface area contributed by atoms with Crippen molar-refractivity contribution in [2.24, 2.45) is 0 Å². The van der Waals surface area contributed by atoms with Crippen LogP contribution in [-0.4, -0.2) is 28.5 Å². The van der Waals surface area contributed by atoms with Crippen LogP contribution in [0.4, 0.5) is 19.0 Å². The first kappa shape index (κ1) is 24.4. The van der Waals surface area contributed by atoms with Gasteiger partial charge in [-0.15, -0.1) is 0 Å². The first-order valence-corrected chi connectivity index (χ1v) is 12.0. The molecule has 1 aliphatic carbocycles. The third-order valence-corrected chi connectivity index (χ3v) is 6.40. The molecule has 2 aliphatic rings. The van der Waals surface area contributed by atoms with E-state index < -0.39 is 11.7 Å². The van der Waals surface area contributed by atoms with Crippen LogP contribution < -0.4 is 10.6 Å². The van der Waals surface area contributed by atoms with Crippen LogP contribution in [0, 0.1) is 6.92 Å². The van der Waals surface area contributed by atoms with Crippen LogP contribution in [0.3, 0.4) is 0 Å². The summed E-state index contributed by atoms with van der Waals surface area (Å²) in [6, 6.07) is 5.42. The van der Waals surface area contributed by atoms with Gasteiger partial charge in [-0.25, -0.2) is 9.97 Å². The van der Waals surface area contributed by atoms with Crippen molar-refractivity contribution in [1.82, 2.24) is 15.3 Å². The van der Waals surface area contributed by atoms with Crippen LogP contribution in [0.15, 0.2) is 24.3 Å². The van der Waals surface area contributed by atoms with Gasteiger partial charge in [-0.05, 0) is 50.3 Å². The first-order valence-electron chi connectivity index (χ1n) is 12.0. The van der Waals surface area contributed by atoms with Crippen LogP contribution in [0.5, 0.6) is 0 Å². The zero-order valence-corrected chi connectivity index (χ0v) is 19.4. The molecule has 1 aromatic carbocycles. The highest BCUT2D eigenvalue weighted by Crippen LogP contribution is 2.35. The topological polar surface area (TPSA) is 76.1 Å². The van der Waals surface area contributed by atoms with Crippen LogP contribution in [0.25, 0.3) is 0 Å². The number of nitrogens with zero attached hydrogens (tertiary/aromatic N) is 2. The summed E-state index contributed by atoms with van der Waals surface area (Å²) >= 11 is 0. The molecule has 9 heteroatoms. The molecule has 1 saturated carbocycles. The van der Waals surface area contributed by atoms with Gasteiger partial charge >= 0.3 is 6.18 Å². The Balaban J connectivity index is 1.55. The lowest BCUT2D eigenvalue weighted by Gasteiger charge is -2.24. The summed E-state index contributed by atoms with van der Waals surface area (Å²) in [5.74, 6) is 0.930. The van der Waals surface area contributed by atoms with Crippen molar-refractivity contribution in [3.8, 4) is 0 Å². The molecule has 1 unspecified atom stereocenters. The fraction of sp³-hybridized carbons (Fsp3) is 0.560. The van der Waals surface area contributed by atoms with E-state index in [1.165, 1.54) is 12.5 Å². The quantitative estimate of drug-likeness (QED) is 0.570. The zero-order valence-electron chi connectivity index (χ0n) is 19.4. The minimum absolute atomic E-state index is 0.0759. The summed E-state index contributed by atoms with van der Waals surface area (Å²) in [7, 11) is 0. The van der Waals surface area contributed by atoms with Crippen LogP contribution in [0.2, 0.25) is 0 Å². The van der Waals surface area contributed by atoms with Crippen molar-refractivity contribution in [2.45, 2.75) is 83.2 Å². The van der Waals surface area contributed by atoms with Crippen LogP contribution in [-0.2, 0) is 28.7 Å². The monoisotopic (exact) mass is 476 g/mol. The van der Waals surface area contributed by atoms with E-state index in [9.17, 15) is 18.0 Å². The predicted octanol–water partition coefficient (Wildman–Crippen LogP) is 5.26. The maximum absolute atomic E-state index is 13.1. The predicted molar refractivity (Wildman–Crippen MR) is 122 cm³/mol. The number of aryl methyl sites for hydroxylation is 1. The van der Waals surface area contributed by atoms with E-state index in [0.717, 1.165) is 56.2 Å². The summed E-state index contributed by atoms with van der Waals surface area (Å²) in [5, 5.41) is 6.33. The molecule has 1 aromatic heterocycles. The largest absolute Gasteiger partial charge is 0.416 e. The molecule has 6 nitrogen and oxygen atoms in total. The van der Waals surface area contributed by atoms with Gasteiger partial charge < -0.3 is 15.4 Å². The fourth-order valence-electron chi connectivity index (χ4n) is 4.77. The molecule has 0 bridgehead atoms. The SMILES string of the molecule is Cc1nc(CC(=O)NC2CCCCC2)c(C2CCCO2)c(NCc2cccc(C(F)(F)F)c2)n1. The molecule has 2 fully saturated rings. The van der Waals surface area contributed by atoms with E-state index in [0.29, 0.717) is 29.5 Å². The molecule has 2 aromatic rings. The maximum Gasteiger partial charge on any atom is 0.416 e. The van der Waals surface area contributed by atoms with Crippen molar-refractivity contribution in [2.75, 3.05) is 11.9 Å². The number of amides is 1. The highest BCUT2D eigenvalue weighted by atomic mass is 19.4. The summed E-state index contributed by atoms with van der Waals surface area (Å²) in [6.45, 7) is 2.52. The Morgan fingerprint density at radius 2 is 1.91 bits per heavy atom. The molecule has 2 N–H and O–H groups in total. The smallest absolute Gasteiger partial charge is 0.373 e. The number of benzene rings is 1. The number of anilines is 1. The number of ether oxygens (including phenoxy) is 1. The summed E-state index contributed by atoms with van der Waals surface area (Å²) in [6.07, 6.45) is 2.60. The second-order valence-corrected chi connectivity index (χ2v) is 9.11. The van der Waals surface area contributed by atoms with E-state index in [-0.39, 0.29) is 31.0 Å². The van der Waals surface area contributed by atoms with E-state index in [2.05, 4.69) is 20.6 Å². The average Bonchev–Trinajstić information content (AvgIpc) is 3.32. The Hall–Kier alpha value is -2.68. The van der Waals surface area contributed by atoms with Gasteiger partial charge in [0.2, 0.25) is 5.91 Å². The highest BCUT2D eigenvalue weighted by Gasteiger charge is 2.31. The number of halogens is 3. The summed E-state index contributed by atoms with van der Waals surface area (Å²) in [4.78, 5) is 21.9. The van der Waals surface area contributed by atoms with Crippen LogP contribution in [0.1, 0.15) is 79.3 Å². The lowest BCUT2D eigenvalue weighted by Crippen LogP contribution is -2.37. The van der Waals surface area contributed by atoms with Gasteiger partial charge in [0.25, 0.3) is 0 Å². The van der Waals surface area contributed by atoms with Gasteiger partial charge in [0.05, 0.1) is 23.8 Å². The zero-order chi connectivity index (χ0) is 24.1. The Morgan fingerprint density at radius 1 is 1.12 bits per heavy atom. The van der Waals surface area contributed by atoms with E-state index >= 15 is 0 Å². The molecule has 4 rings (SSSR count). The molecule has 1 amide bonds. The van der Waals surface area contributed by atoms with Gasteiger partial charge in [-0.2, -0.15) is 13.2 Å². The Bertz CT molecular complexity index is 1000. The van der Waals surface area contributed by atoms with E-state index in [1.54, 1.807) is 13.0 Å². The minimum atomic E-state index is -4.40.